The first kappa shape index (κ1) is 13.9. The fraction of sp³-hybridized carbons (Fsp3) is 0.412. The maximum Gasteiger partial charge on any atom is 0.226 e. The highest BCUT2D eigenvalue weighted by Gasteiger charge is 2.20. The van der Waals surface area contributed by atoms with Gasteiger partial charge in [0, 0.05) is 11.8 Å². The summed E-state index contributed by atoms with van der Waals surface area (Å²) in [5.74, 6) is 1.29. The van der Waals surface area contributed by atoms with Crippen LogP contribution in [-0.4, -0.2) is 16.6 Å². The number of hydrogen-bond acceptors (Lipinski definition) is 4. The van der Waals surface area contributed by atoms with Crippen molar-refractivity contribution < 1.29 is 4.74 Å². The van der Waals surface area contributed by atoms with Gasteiger partial charge in [-0.3, -0.25) is 0 Å². The summed E-state index contributed by atoms with van der Waals surface area (Å²) in [5.41, 5.74) is 3.71. The molecule has 1 unspecified atom stereocenters. The van der Waals surface area contributed by atoms with Gasteiger partial charge in [0.05, 0.1) is 12.6 Å². The first-order chi connectivity index (χ1) is 10.3. The summed E-state index contributed by atoms with van der Waals surface area (Å²) in [6, 6.07) is 10.8. The van der Waals surface area contributed by atoms with E-state index in [1.54, 1.807) is 0 Å². The number of nitrogens with zero attached hydrogens (tertiary/aromatic N) is 2. The third-order valence-corrected chi connectivity index (χ3v) is 3.80. The van der Waals surface area contributed by atoms with Crippen LogP contribution in [0.25, 0.3) is 0 Å². The topological polar surface area (TPSA) is 47.0 Å². The molecule has 0 saturated heterocycles. The molecule has 0 bridgehead atoms. The van der Waals surface area contributed by atoms with E-state index in [-0.39, 0.29) is 6.04 Å². The van der Waals surface area contributed by atoms with Crippen LogP contribution < -0.4 is 10.1 Å². The van der Waals surface area contributed by atoms with Crippen molar-refractivity contribution in [3.8, 4) is 5.88 Å². The number of aryl methyl sites for hydroxylation is 2. The molecule has 1 atom stereocenters. The predicted molar refractivity (Wildman–Crippen MR) is 83.7 cm³/mol. The molecule has 1 aliphatic rings. The zero-order valence-corrected chi connectivity index (χ0v) is 12.6. The van der Waals surface area contributed by atoms with Crippen molar-refractivity contribution in [3.05, 3.63) is 47.2 Å². The second kappa shape index (κ2) is 6.12. The molecule has 1 aromatic heterocycles. The molecule has 0 amide bonds. The van der Waals surface area contributed by atoms with Crippen molar-refractivity contribution >= 4 is 5.95 Å². The van der Waals surface area contributed by atoms with Gasteiger partial charge in [0.15, 0.2) is 0 Å². The van der Waals surface area contributed by atoms with E-state index < -0.39 is 0 Å². The minimum absolute atomic E-state index is 0.284. The lowest BCUT2D eigenvalue weighted by molar-refractivity contribution is 0.326. The summed E-state index contributed by atoms with van der Waals surface area (Å²) in [7, 11) is 0. The lowest BCUT2D eigenvalue weighted by Crippen LogP contribution is -2.19. The van der Waals surface area contributed by atoms with Crippen molar-refractivity contribution in [2.24, 2.45) is 0 Å². The van der Waals surface area contributed by atoms with E-state index in [0.29, 0.717) is 18.4 Å². The predicted octanol–water partition coefficient (Wildman–Crippen LogP) is 3.67. The third-order valence-electron chi connectivity index (χ3n) is 3.80. The highest BCUT2D eigenvalue weighted by atomic mass is 16.5. The molecule has 0 saturated carbocycles. The third kappa shape index (κ3) is 3.15. The van der Waals surface area contributed by atoms with Gasteiger partial charge in [-0.2, -0.15) is 4.98 Å². The SMILES string of the molecule is CCOc1cc(C)nc(NC2CCCc3ccccc32)n1. The molecule has 1 aromatic carbocycles. The Morgan fingerprint density at radius 2 is 2.14 bits per heavy atom. The van der Waals surface area contributed by atoms with Crippen LogP contribution in [0, 0.1) is 6.92 Å². The average molecular weight is 283 g/mol. The Bertz CT molecular complexity index is 627. The molecule has 1 N–H and O–H groups in total. The maximum absolute atomic E-state index is 5.49. The summed E-state index contributed by atoms with van der Waals surface area (Å²) in [5, 5.41) is 3.47. The quantitative estimate of drug-likeness (QED) is 0.930. The van der Waals surface area contributed by atoms with E-state index in [1.165, 1.54) is 17.5 Å². The van der Waals surface area contributed by atoms with E-state index >= 15 is 0 Å². The van der Waals surface area contributed by atoms with Crippen LogP contribution >= 0.6 is 0 Å². The number of aromatic nitrogens is 2. The lowest BCUT2D eigenvalue weighted by atomic mass is 9.88. The molecular weight excluding hydrogens is 262 g/mol. The van der Waals surface area contributed by atoms with Gasteiger partial charge in [-0.15, -0.1) is 0 Å². The normalized spacial score (nSPS) is 17.1. The molecule has 3 rings (SSSR count). The van der Waals surface area contributed by atoms with Gasteiger partial charge < -0.3 is 10.1 Å². The molecule has 110 valence electrons. The second-order valence-corrected chi connectivity index (χ2v) is 5.39. The monoisotopic (exact) mass is 283 g/mol. The number of anilines is 1. The summed E-state index contributed by atoms with van der Waals surface area (Å²) < 4.78 is 5.49. The van der Waals surface area contributed by atoms with E-state index in [0.717, 1.165) is 18.5 Å². The molecule has 0 aliphatic heterocycles. The van der Waals surface area contributed by atoms with Gasteiger partial charge >= 0.3 is 0 Å². The van der Waals surface area contributed by atoms with E-state index in [9.17, 15) is 0 Å². The zero-order chi connectivity index (χ0) is 14.7. The Kier molecular flexibility index (Phi) is 4.04. The number of hydrogen-bond donors (Lipinski definition) is 1. The lowest BCUT2D eigenvalue weighted by Gasteiger charge is -2.26. The molecule has 4 heteroatoms. The van der Waals surface area contributed by atoms with Crippen LogP contribution in [-0.2, 0) is 6.42 Å². The van der Waals surface area contributed by atoms with Crippen molar-refractivity contribution in [1.29, 1.82) is 0 Å². The van der Waals surface area contributed by atoms with Crippen LogP contribution in [0.2, 0.25) is 0 Å². The molecule has 0 fully saturated rings. The summed E-state index contributed by atoms with van der Waals surface area (Å²) in [6.07, 6.45) is 3.46. The minimum atomic E-state index is 0.284. The molecular formula is C17H21N3O. The Morgan fingerprint density at radius 1 is 1.29 bits per heavy atom. The fourth-order valence-corrected chi connectivity index (χ4v) is 2.89. The first-order valence-electron chi connectivity index (χ1n) is 7.59. The highest BCUT2D eigenvalue weighted by molar-refractivity contribution is 5.39. The first-order valence-corrected chi connectivity index (χ1v) is 7.59. The minimum Gasteiger partial charge on any atom is -0.478 e. The Hall–Kier alpha value is -2.10. The molecule has 1 heterocycles. The van der Waals surface area contributed by atoms with Crippen LogP contribution in [0.5, 0.6) is 5.88 Å². The maximum atomic E-state index is 5.49. The number of fused-ring (bicyclic) bond motifs is 1. The van der Waals surface area contributed by atoms with Gasteiger partial charge in [-0.1, -0.05) is 24.3 Å². The molecule has 0 radical (unpaired) electrons. The summed E-state index contributed by atoms with van der Waals surface area (Å²) in [6.45, 7) is 4.54. The van der Waals surface area contributed by atoms with Crippen molar-refractivity contribution in [2.45, 2.75) is 39.2 Å². The highest BCUT2D eigenvalue weighted by Crippen LogP contribution is 2.31. The fourth-order valence-electron chi connectivity index (χ4n) is 2.89. The van der Waals surface area contributed by atoms with Crippen LogP contribution in [0.4, 0.5) is 5.95 Å². The van der Waals surface area contributed by atoms with Crippen molar-refractivity contribution in [2.75, 3.05) is 11.9 Å². The summed E-state index contributed by atoms with van der Waals surface area (Å²) in [4.78, 5) is 8.93. The summed E-state index contributed by atoms with van der Waals surface area (Å²) >= 11 is 0. The molecule has 0 spiro atoms. The van der Waals surface area contributed by atoms with E-state index in [4.69, 9.17) is 4.74 Å². The number of ether oxygens (including phenoxy) is 1. The van der Waals surface area contributed by atoms with Gasteiger partial charge in [-0.25, -0.2) is 4.98 Å². The molecule has 4 nitrogen and oxygen atoms in total. The Balaban J connectivity index is 1.84. The largest absolute Gasteiger partial charge is 0.478 e. The molecule has 1 aliphatic carbocycles. The van der Waals surface area contributed by atoms with Crippen molar-refractivity contribution in [3.63, 3.8) is 0 Å². The van der Waals surface area contributed by atoms with Crippen LogP contribution in [0.15, 0.2) is 30.3 Å². The van der Waals surface area contributed by atoms with Crippen LogP contribution in [0.1, 0.15) is 42.6 Å². The number of rotatable bonds is 4. The van der Waals surface area contributed by atoms with E-state index in [2.05, 4.69) is 39.6 Å². The average Bonchev–Trinajstić information content (AvgIpc) is 2.47. The zero-order valence-electron chi connectivity index (χ0n) is 12.6. The van der Waals surface area contributed by atoms with Crippen molar-refractivity contribution in [1.82, 2.24) is 9.97 Å². The number of nitrogens with one attached hydrogen (secondary N) is 1. The molecule has 2 aromatic rings. The Morgan fingerprint density at radius 3 is 3.00 bits per heavy atom. The van der Waals surface area contributed by atoms with Crippen LogP contribution in [0.3, 0.4) is 0 Å². The smallest absolute Gasteiger partial charge is 0.226 e. The van der Waals surface area contributed by atoms with Gasteiger partial charge in [0.1, 0.15) is 0 Å². The second-order valence-electron chi connectivity index (χ2n) is 5.39. The molecule has 21 heavy (non-hydrogen) atoms. The van der Waals surface area contributed by atoms with Gasteiger partial charge in [-0.05, 0) is 44.2 Å². The standard InChI is InChI=1S/C17H21N3O/c1-3-21-16-11-12(2)18-17(20-16)19-15-10-6-8-13-7-4-5-9-14(13)15/h4-5,7,9,11,15H,3,6,8,10H2,1-2H3,(H,18,19,20). The Labute approximate surface area is 125 Å². The number of benzene rings is 1. The van der Waals surface area contributed by atoms with Gasteiger partial charge in [0.2, 0.25) is 11.8 Å². The van der Waals surface area contributed by atoms with E-state index in [1.807, 2.05) is 19.9 Å². The van der Waals surface area contributed by atoms with Gasteiger partial charge in [0.25, 0.3) is 0 Å².